The summed E-state index contributed by atoms with van der Waals surface area (Å²) in [6.45, 7) is 1.67. The summed E-state index contributed by atoms with van der Waals surface area (Å²) >= 11 is 2.89. The molecule has 0 radical (unpaired) electrons. The molecule has 0 spiro atoms. The summed E-state index contributed by atoms with van der Waals surface area (Å²) in [5.74, 6) is -0.855. The Bertz CT molecular complexity index is 986. The minimum absolute atomic E-state index is 0.238. The van der Waals surface area contributed by atoms with Crippen molar-refractivity contribution >= 4 is 45.9 Å². The van der Waals surface area contributed by atoms with Gasteiger partial charge in [-0.2, -0.15) is 0 Å². The third kappa shape index (κ3) is 4.79. The van der Waals surface area contributed by atoms with E-state index < -0.39 is 24.4 Å². The average molecular weight is 449 g/mol. The number of nitrogens with two attached hydrogens (primary N) is 1. The number of primary amides is 1. The Morgan fingerprint density at radius 2 is 2.10 bits per heavy atom. The lowest BCUT2D eigenvalue weighted by molar-refractivity contribution is -0.119. The zero-order valence-electron chi connectivity index (χ0n) is 17.1. The number of methoxy groups -OCH3 is 1. The molecule has 1 aliphatic rings. The standard InChI is InChI=1S/C21H24N2O5S2/c1-11-4-6-14-16(8-11)30-20(18(14)19(22)25)23-17(24)10-28-21(26)13-7-5-12(29-3)9-15(13)27-2/h5,7,9,11H,4,6,8,10H2,1-3H3,(H2,22,25)(H,23,24). The fraction of sp³-hybridized carbons (Fsp3) is 0.381. The molecule has 1 aromatic heterocycles. The number of thioether (sulfide) groups is 1. The Morgan fingerprint density at radius 1 is 1.33 bits per heavy atom. The number of anilines is 1. The van der Waals surface area contributed by atoms with Crippen LogP contribution in [0.2, 0.25) is 0 Å². The molecule has 2 amide bonds. The van der Waals surface area contributed by atoms with Gasteiger partial charge >= 0.3 is 5.97 Å². The van der Waals surface area contributed by atoms with Gasteiger partial charge in [0.2, 0.25) is 0 Å². The molecule has 3 rings (SSSR count). The number of amides is 2. The highest BCUT2D eigenvalue weighted by Crippen LogP contribution is 2.39. The van der Waals surface area contributed by atoms with Crippen molar-refractivity contribution in [1.82, 2.24) is 0 Å². The van der Waals surface area contributed by atoms with Crippen LogP contribution in [-0.4, -0.2) is 37.8 Å². The number of carbonyl (C=O) groups is 3. The second kappa shape index (κ2) is 9.53. The summed E-state index contributed by atoms with van der Waals surface area (Å²) in [7, 11) is 1.47. The van der Waals surface area contributed by atoms with Crippen molar-refractivity contribution in [2.45, 2.75) is 31.1 Å². The van der Waals surface area contributed by atoms with E-state index in [1.807, 2.05) is 6.26 Å². The second-order valence-corrected chi connectivity index (χ2v) is 9.10. The molecule has 0 saturated heterocycles. The maximum Gasteiger partial charge on any atom is 0.342 e. The van der Waals surface area contributed by atoms with Gasteiger partial charge < -0.3 is 20.5 Å². The van der Waals surface area contributed by atoms with Crippen molar-refractivity contribution in [2.24, 2.45) is 11.7 Å². The molecule has 3 N–H and O–H groups in total. The van der Waals surface area contributed by atoms with E-state index in [-0.39, 0.29) is 5.56 Å². The highest BCUT2D eigenvalue weighted by Gasteiger charge is 2.27. The van der Waals surface area contributed by atoms with E-state index >= 15 is 0 Å². The molecule has 7 nitrogen and oxygen atoms in total. The highest BCUT2D eigenvalue weighted by atomic mass is 32.2. The lowest BCUT2D eigenvalue weighted by Gasteiger charge is -2.18. The maximum absolute atomic E-state index is 12.4. The van der Waals surface area contributed by atoms with Gasteiger partial charge in [0.25, 0.3) is 11.8 Å². The molecule has 1 atom stereocenters. The van der Waals surface area contributed by atoms with Crippen LogP contribution in [0.4, 0.5) is 5.00 Å². The van der Waals surface area contributed by atoms with Crippen molar-refractivity contribution in [2.75, 3.05) is 25.3 Å². The number of benzene rings is 1. The fourth-order valence-corrected chi connectivity index (χ4v) is 5.30. The number of fused-ring (bicyclic) bond motifs is 1. The van der Waals surface area contributed by atoms with Gasteiger partial charge in [-0.05, 0) is 55.2 Å². The van der Waals surface area contributed by atoms with E-state index in [1.54, 1.807) is 18.2 Å². The van der Waals surface area contributed by atoms with Crippen molar-refractivity contribution in [3.05, 3.63) is 39.8 Å². The zero-order valence-corrected chi connectivity index (χ0v) is 18.7. The van der Waals surface area contributed by atoms with Crippen LogP contribution in [0.3, 0.4) is 0 Å². The molecular weight excluding hydrogens is 424 g/mol. The number of nitrogens with one attached hydrogen (secondary N) is 1. The van der Waals surface area contributed by atoms with Gasteiger partial charge in [0.15, 0.2) is 6.61 Å². The van der Waals surface area contributed by atoms with Crippen LogP contribution in [0.1, 0.15) is 44.5 Å². The molecular formula is C21H24N2O5S2. The van der Waals surface area contributed by atoms with Crippen LogP contribution in [0.25, 0.3) is 0 Å². The van der Waals surface area contributed by atoms with E-state index in [9.17, 15) is 14.4 Å². The quantitative estimate of drug-likeness (QED) is 0.496. The minimum atomic E-state index is -0.663. The summed E-state index contributed by atoms with van der Waals surface area (Å²) in [5, 5.41) is 3.11. The number of hydrogen-bond donors (Lipinski definition) is 2. The lowest BCUT2D eigenvalue weighted by atomic mass is 9.88. The molecule has 1 aliphatic carbocycles. The third-order valence-corrected chi connectivity index (χ3v) is 6.87. The topological polar surface area (TPSA) is 108 Å². The van der Waals surface area contributed by atoms with Gasteiger partial charge in [0.05, 0.1) is 12.7 Å². The predicted molar refractivity (Wildman–Crippen MR) is 118 cm³/mol. The van der Waals surface area contributed by atoms with Crippen LogP contribution in [0.15, 0.2) is 23.1 Å². The van der Waals surface area contributed by atoms with E-state index in [2.05, 4.69) is 12.2 Å². The smallest absolute Gasteiger partial charge is 0.342 e. The van der Waals surface area contributed by atoms with Crippen molar-refractivity contribution in [3.63, 3.8) is 0 Å². The number of hydrogen-bond acceptors (Lipinski definition) is 7. The molecule has 9 heteroatoms. The fourth-order valence-electron chi connectivity index (χ4n) is 3.44. The number of thiophene rings is 1. The normalized spacial score (nSPS) is 15.2. The van der Waals surface area contributed by atoms with Gasteiger partial charge in [-0.25, -0.2) is 4.79 Å². The van der Waals surface area contributed by atoms with E-state index in [0.29, 0.717) is 22.2 Å². The highest BCUT2D eigenvalue weighted by molar-refractivity contribution is 7.98. The summed E-state index contributed by atoms with van der Waals surface area (Å²) in [5.41, 5.74) is 7.10. The Labute approximate surface area is 183 Å². The molecule has 1 heterocycles. The lowest BCUT2D eigenvalue weighted by Crippen LogP contribution is -2.23. The first kappa shape index (κ1) is 22.2. The Kier molecular flexibility index (Phi) is 7.04. The number of ether oxygens (including phenoxy) is 2. The van der Waals surface area contributed by atoms with Gasteiger partial charge in [0, 0.05) is 9.77 Å². The van der Waals surface area contributed by atoms with Crippen LogP contribution in [0.5, 0.6) is 5.75 Å². The van der Waals surface area contributed by atoms with Gasteiger partial charge in [-0.15, -0.1) is 23.1 Å². The molecule has 1 unspecified atom stereocenters. The predicted octanol–water partition coefficient (Wildman–Crippen LogP) is 3.50. The van der Waals surface area contributed by atoms with Gasteiger partial charge in [-0.1, -0.05) is 6.92 Å². The third-order valence-electron chi connectivity index (χ3n) is 4.97. The molecule has 2 aromatic rings. The molecule has 0 aliphatic heterocycles. The number of carbonyl (C=O) groups excluding carboxylic acids is 3. The first-order chi connectivity index (χ1) is 14.3. The molecule has 1 aromatic carbocycles. The molecule has 30 heavy (non-hydrogen) atoms. The largest absolute Gasteiger partial charge is 0.496 e. The summed E-state index contributed by atoms with van der Waals surface area (Å²) in [6, 6.07) is 5.11. The van der Waals surface area contributed by atoms with Crippen molar-refractivity contribution in [1.29, 1.82) is 0 Å². The van der Waals surface area contributed by atoms with Crippen molar-refractivity contribution < 1.29 is 23.9 Å². The van der Waals surface area contributed by atoms with Gasteiger partial charge in [0.1, 0.15) is 16.3 Å². The Morgan fingerprint density at radius 3 is 2.77 bits per heavy atom. The van der Waals surface area contributed by atoms with E-state index in [0.717, 1.165) is 34.6 Å². The average Bonchev–Trinajstić information content (AvgIpc) is 3.08. The molecule has 0 fully saturated rings. The number of esters is 1. The van der Waals surface area contributed by atoms with E-state index in [1.165, 1.54) is 30.2 Å². The Hall–Kier alpha value is -2.52. The molecule has 0 saturated carbocycles. The first-order valence-corrected chi connectivity index (χ1v) is 11.5. The minimum Gasteiger partial charge on any atom is -0.496 e. The summed E-state index contributed by atoms with van der Waals surface area (Å²) < 4.78 is 10.4. The van der Waals surface area contributed by atoms with Crippen LogP contribution in [0, 0.1) is 5.92 Å². The van der Waals surface area contributed by atoms with E-state index in [4.69, 9.17) is 15.2 Å². The first-order valence-electron chi connectivity index (χ1n) is 9.47. The van der Waals surface area contributed by atoms with Crippen molar-refractivity contribution in [3.8, 4) is 5.75 Å². The SMILES string of the molecule is COc1cc(SC)ccc1C(=O)OCC(=O)Nc1sc2c(c1C(N)=O)CCC(C)C2. The number of rotatable bonds is 7. The molecule has 160 valence electrons. The second-order valence-electron chi connectivity index (χ2n) is 7.11. The molecule has 0 bridgehead atoms. The van der Waals surface area contributed by atoms with Crippen LogP contribution in [-0.2, 0) is 22.4 Å². The van der Waals surface area contributed by atoms with Crippen LogP contribution >= 0.6 is 23.1 Å². The zero-order chi connectivity index (χ0) is 21.8. The maximum atomic E-state index is 12.4. The summed E-state index contributed by atoms with van der Waals surface area (Å²) in [6.07, 6.45) is 4.52. The monoisotopic (exact) mass is 448 g/mol. The summed E-state index contributed by atoms with van der Waals surface area (Å²) in [4.78, 5) is 38.8. The van der Waals surface area contributed by atoms with Gasteiger partial charge in [-0.3, -0.25) is 9.59 Å². The Balaban J connectivity index is 1.68. The van der Waals surface area contributed by atoms with Crippen LogP contribution < -0.4 is 15.8 Å².